The lowest BCUT2D eigenvalue weighted by Crippen LogP contribution is -2.17. The third kappa shape index (κ3) is 4.89. The van der Waals surface area contributed by atoms with Crippen LogP contribution in [0.5, 0.6) is 0 Å². The highest BCUT2D eigenvalue weighted by Gasteiger charge is 2.21. The van der Waals surface area contributed by atoms with Crippen LogP contribution in [0.1, 0.15) is 22.3 Å². The van der Waals surface area contributed by atoms with Gasteiger partial charge in [-0.1, -0.05) is 82.9 Å². The van der Waals surface area contributed by atoms with Gasteiger partial charge in [-0.25, -0.2) is 0 Å². The molecule has 0 radical (unpaired) electrons. The molecule has 178 valence electrons. The number of benzene rings is 5. The monoisotopic (exact) mass is 468 g/mol. The minimum Gasteiger partial charge on any atom is -0.308 e. The van der Waals surface area contributed by atoms with Crippen molar-refractivity contribution in [3.05, 3.63) is 144 Å². The van der Waals surface area contributed by atoms with E-state index in [2.05, 4.69) is 159 Å². The molecule has 0 aromatic heterocycles. The van der Waals surface area contributed by atoms with Crippen LogP contribution in [0.15, 0.2) is 121 Å². The lowest BCUT2D eigenvalue weighted by Gasteiger charge is -2.33. The molecule has 0 unspecified atom stereocenters. The predicted octanol–water partition coefficient (Wildman–Crippen LogP) is 9.86. The molecule has 36 heavy (non-hydrogen) atoms. The van der Waals surface area contributed by atoms with E-state index in [9.17, 15) is 0 Å². The van der Waals surface area contributed by atoms with Crippen molar-refractivity contribution in [2.45, 2.75) is 27.7 Å². The zero-order chi connectivity index (χ0) is 25.1. The molecule has 0 atom stereocenters. The topological polar surface area (TPSA) is 6.48 Å². The van der Waals surface area contributed by atoms with Crippen molar-refractivity contribution < 1.29 is 0 Å². The summed E-state index contributed by atoms with van der Waals surface area (Å²) in [6.45, 7) is 8.52. The number of nitrogens with zero attached hydrogens (tertiary/aromatic N) is 2. The molecule has 0 aliphatic carbocycles. The highest BCUT2D eigenvalue weighted by atomic mass is 15.2. The maximum Gasteiger partial charge on any atom is 0.0702 e. The number of hydrogen-bond acceptors (Lipinski definition) is 2. The standard InChI is InChI=1S/C34H32N2/c1-25-9-17-29(18-10-25)35(30-19-11-26(2)12-20-30)33-7-5-6-8-34(33)36(31-21-13-27(3)14-22-31)32-23-15-28(4)16-24-32/h5-24H,1-4H3. The van der Waals surface area contributed by atoms with E-state index < -0.39 is 0 Å². The lowest BCUT2D eigenvalue weighted by atomic mass is 10.1. The zero-order valence-electron chi connectivity index (χ0n) is 21.4. The van der Waals surface area contributed by atoms with Gasteiger partial charge in [0.05, 0.1) is 11.4 Å². The van der Waals surface area contributed by atoms with Gasteiger partial charge in [-0.05, 0) is 88.4 Å². The normalized spacial score (nSPS) is 10.8. The van der Waals surface area contributed by atoms with E-state index in [1.165, 1.54) is 22.3 Å². The van der Waals surface area contributed by atoms with Crippen molar-refractivity contribution in [1.29, 1.82) is 0 Å². The number of hydrogen-bond donors (Lipinski definition) is 0. The summed E-state index contributed by atoms with van der Waals surface area (Å²) in [4.78, 5) is 4.70. The highest BCUT2D eigenvalue weighted by Crippen LogP contribution is 2.45. The van der Waals surface area contributed by atoms with Gasteiger partial charge in [0.15, 0.2) is 0 Å². The Bertz CT molecular complexity index is 1230. The first kappa shape index (κ1) is 23.4. The molecule has 0 fully saturated rings. The van der Waals surface area contributed by atoms with Crippen LogP contribution in [0, 0.1) is 27.7 Å². The first-order chi connectivity index (χ1) is 17.5. The molecule has 0 aliphatic rings. The fraction of sp³-hybridized carbons (Fsp3) is 0.118. The molecule has 0 saturated carbocycles. The summed E-state index contributed by atoms with van der Waals surface area (Å²) in [7, 11) is 0. The first-order valence-electron chi connectivity index (χ1n) is 12.5. The van der Waals surface area contributed by atoms with Gasteiger partial charge in [-0.3, -0.25) is 0 Å². The van der Waals surface area contributed by atoms with E-state index >= 15 is 0 Å². The summed E-state index contributed by atoms with van der Waals surface area (Å²) in [5.74, 6) is 0. The Balaban J connectivity index is 1.74. The maximum absolute atomic E-state index is 2.35. The molecule has 2 heteroatoms. The average molecular weight is 469 g/mol. The molecule has 0 bridgehead atoms. The third-order valence-corrected chi connectivity index (χ3v) is 6.53. The molecule has 0 heterocycles. The van der Waals surface area contributed by atoms with Crippen molar-refractivity contribution >= 4 is 34.1 Å². The van der Waals surface area contributed by atoms with Gasteiger partial charge in [0, 0.05) is 22.7 Å². The van der Waals surface area contributed by atoms with Crippen LogP contribution in [0.2, 0.25) is 0 Å². The van der Waals surface area contributed by atoms with Crippen LogP contribution in [-0.4, -0.2) is 0 Å². The number of rotatable bonds is 6. The van der Waals surface area contributed by atoms with Gasteiger partial charge in [-0.15, -0.1) is 0 Å². The van der Waals surface area contributed by atoms with Crippen molar-refractivity contribution in [3.8, 4) is 0 Å². The third-order valence-electron chi connectivity index (χ3n) is 6.53. The molecule has 5 aromatic carbocycles. The van der Waals surface area contributed by atoms with E-state index in [1.807, 2.05) is 0 Å². The molecule has 0 N–H and O–H groups in total. The van der Waals surface area contributed by atoms with Gasteiger partial charge in [0.25, 0.3) is 0 Å². The van der Waals surface area contributed by atoms with E-state index in [-0.39, 0.29) is 0 Å². The molecule has 0 saturated heterocycles. The fourth-order valence-corrected chi connectivity index (χ4v) is 4.47. The Labute approximate surface area is 215 Å². The van der Waals surface area contributed by atoms with Crippen LogP contribution in [-0.2, 0) is 0 Å². The zero-order valence-corrected chi connectivity index (χ0v) is 21.4. The predicted molar refractivity (Wildman–Crippen MR) is 155 cm³/mol. The molecule has 0 amide bonds. The summed E-state index contributed by atoms with van der Waals surface area (Å²) >= 11 is 0. The SMILES string of the molecule is Cc1ccc(N(c2ccc(C)cc2)c2ccccc2N(c2ccc(C)cc2)c2ccc(C)cc2)cc1. The number of anilines is 6. The summed E-state index contributed by atoms with van der Waals surface area (Å²) in [6, 6.07) is 43.7. The molecule has 5 aromatic rings. The second-order valence-electron chi connectivity index (χ2n) is 9.50. The second-order valence-corrected chi connectivity index (χ2v) is 9.50. The largest absolute Gasteiger partial charge is 0.308 e. The smallest absolute Gasteiger partial charge is 0.0702 e. The van der Waals surface area contributed by atoms with Gasteiger partial charge >= 0.3 is 0 Å². The summed E-state index contributed by atoms with van der Waals surface area (Å²) in [6.07, 6.45) is 0. The van der Waals surface area contributed by atoms with Gasteiger partial charge in [-0.2, -0.15) is 0 Å². The lowest BCUT2D eigenvalue weighted by molar-refractivity contribution is 1.22. The molecule has 0 aliphatic heterocycles. The molecule has 0 spiro atoms. The Morgan fingerprint density at radius 1 is 0.306 bits per heavy atom. The Morgan fingerprint density at radius 2 is 0.528 bits per heavy atom. The number of para-hydroxylation sites is 2. The summed E-state index contributed by atoms with van der Waals surface area (Å²) in [5.41, 5.74) is 11.7. The second kappa shape index (κ2) is 10.1. The van der Waals surface area contributed by atoms with Crippen LogP contribution < -0.4 is 9.80 Å². The average Bonchev–Trinajstić information content (AvgIpc) is 2.90. The van der Waals surface area contributed by atoms with E-state index in [0.29, 0.717) is 0 Å². The van der Waals surface area contributed by atoms with E-state index in [0.717, 1.165) is 34.1 Å². The van der Waals surface area contributed by atoms with Gasteiger partial charge in [0.1, 0.15) is 0 Å². The van der Waals surface area contributed by atoms with Crippen molar-refractivity contribution in [3.63, 3.8) is 0 Å². The highest BCUT2D eigenvalue weighted by molar-refractivity contribution is 5.91. The minimum atomic E-state index is 1.12. The van der Waals surface area contributed by atoms with Crippen LogP contribution in [0.4, 0.5) is 34.1 Å². The Hall–Kier alpha value is -4.30. The summed E-state index contributed by atoms with van der Waals surface area (Å²) < 4.78 is 0. The first-order valence-corrected chi connectivity index (χ1v) is 12.5. The van der Waals surface area contributed by atoms with Crippen molar-refractivity contribution in [2.24, 2.45) is 0 Å². The van der Waals surface area contributed by atoms with Crippen molar-refractivity contribution in [1.82, 2.24) is 0 Å². The van der Waals surface area contributed by atoms with Crippen molar-refractivity contribution in [2.75, 3.05) is 9.80 Å². The molecule has 2 nitrogen and oxygen atoms in total. The van der Waals surface area contributed by atoms with E-state index in [1.54, 1.807) is 0 Å². The fourth-order valence-electron chi connectivity index (χ4n) is 4.47. The van der Waals surface area contributed by atoms with Crippen LogP contribution >= 0.6 is 0 Å². The molecular weight excluding hydrogens is 436 g/mol. The minimum absolute atomic E-state index is 1.12. The van der Waals surface area contributed by atoms with Gasteiger partial charge in [0.2, 0.25) is 0 Å². The molecule has 5 rings (SSSR count). The van der Waals surface area contributed by atoms with E-state index in [4.69, 9.17) is 0 Å². The maximum atomic E-state index is 2.35. The number of aryl methyl sites for hydroxylation is 4. The Kier molecular flexibility index (Phi) is 6.60. The summed E-state index contributed by atoms with van der Waals surface area (Å²) in [5, 5.41) is 0. The molecular formula is C34H32N2. The van der Waals surface area contributed by atoms with Crippen LogP contribution in [0.25, 0.3) is 0 Å². The van der Waals surface area contributed by atoms with Crippen LogP contribution in [0.3, 0.4) is 0 Å². The quantitative estimate of drug-likeness (QED) is 0.245. The Morgan fingerprint density at radius 3 is 0.750 bits per heavy atom. The van der Waals surface area contributed by atoms with Gasteiger partial charge < -0.3 is 9.80 Å².